The fourth-order valence-electron chi connectivity index (χ4n) is 3.28. The highest BCUT2D eigenvalue weighted by Gasteiger charge is 2.30. The minimum atomic E-state index is -4.51. The summed E-state index contributed by atoms with van der Waals surface area (Å²) in [4.78, 5) is 12.6. The minimum absolute atomic E-state index is 0.0189. The number of nitrogens with one attached hydrogen (secondary N) is 1. The predicted molar refractivity (Wildman–Crippen MR) is 104 cm³/mol. The molecule has 0 saturated carbocycles. The van der Waals surface area contributed by atoms with Gasteiger partial charge in [-0.1, -0.05) is 18.2 Å². The van der Waals surface area contributed by atoms with E-state index in [1.807, 2.05) is 0 Å². The number of halogens is 4. The number of carbonyl (C=O) groups is 1. The Morgan fingerprint density at radius 3 is 2.77 bits per heavy atom. The Morgan fingerprint density at radius 1 is 1.20 bits per heavy atom. The molecule has 0 spiro atoms. The van der Waals surface area contributed by atoms with Gasteiger partial charge in [0.25, 0.3) is 5.91 Å². The van der Waals surface area contributed by atoms with Gasteiger partial charge >= 0.3 is 6.18 Å². The maximum absolute atomic E-state index is 13.7. The zero-order chi connectivity index (χ0) is 21.6. The third-order valence-electron chi connectivity index (χ3n) is 4.81. The molecule has 2 aromatic carbocycles. The molecule has 30 heavy (non-hydrogen) atoms. The minimum Gasteiger partial charge on any atom is -0.379 e. The quantitative estimate of drug-likeness (QED) is 0.487. The molecule has 3 rings (SSSR count). The Labute approximate surface area is 172 Å². The van der Waals surface area contributed by atoms with Crippen molar-refractivity contribution in [3.8, 4) is 11.1 Å². The van der Waals surface area contributed by atoms with E-state index in [1.54, 1.807) is 0 Å². The second-order valence-corrected chi connectivity index (χ2v) is 7.09. The van der Waals surface area contributed by atoms with Crippen LogP contribution in [0.1, 0.15) is 35.2 Å². The molecule has 1 unspecified atom stereocenters. The van der Waals surface area contributed by atoms with Crippen molar-refractivity contribution >= 4 is 5.91 Å². The van der Waals surface area contributed by atoms with Gasteiger partial charge in [-0.3, -0.25) is 4.79 Å². The summed E-state index contributed by atoms with van der Waals surface area (Å²) in [6.45, 7) is 2.00. The van der Waals surface area contributed by atoms with Gasteiger partial charge in [-0.25, -0.2) is 4.39 Å². The van der Waals surface area contributed by atoms with Crippen molar-refractivity contribution in [2.24, 2.45) is 0 Å². The van der Waals surface area contributed by atoms with Crippen LogP contribution in [-0.2, 0) is 15.7 Å². The smallest absolute Gasteiger partial charge is 0.379 e. The van der Waals surface area contributed by atoms with Gasteiger partial charge in [0.15, 0.2) is 0 Å². The first-order valence-corrected chi connectivity index (χ1v) is 9.79. The number of rotatable bonds is 8. The number of amides is 1. The van der Waals surface area contributed by atoms with Crippen molar-refractivity contribution < 1.29 is 31.8 Å². The van der Waals surface area contributed by atoms with E-state index in [9.17, 15) is 22.4 Å². The molecule has 1 amide bonds. The number of benzene rings is 2. The maximum atomic E-state index is 13.7. The van der Waals surface area contributed by atoms with Crippen LogP contribution in [0.5, 0.6) is 0 Å². The number of hydrogen-bond acceptors (Lipinski definition) is 3. The molecule has 1 N–H and O–H groups in total. The lowest BCUT2D eigenvalue weighted by molar-refractivity contribution is -0.137. The third-order valence-corrected chi connectivity index (χ3v) is 4.81. The molecule has 1 aliphatic rings. The first-order chi connectivity index (χ1) is 14.3. The molecule has 0 aliphatic carbocycles. The van der Waals surface area contributed by atoms with Gasteiger partial charge in [-0.05, 0) is 54.7 Å². The molecule has 1 atom stereocenters. The van der Waals surface area contributed by atoms with Crippen molar-refractivity contribution in [1.29, 1.82) is 0 Å². The summed E-state index contributed by atoms with van der Waals surface area (Å²) in [5.41, 5.74) is -0.432. The molecular formula is C22H23F4NO3. The SMILES string of the molecule is O=C(NCCCOCC1CCCO1)c1cc(F)ccc1-c1cccc(C(F)(F)F)c1. The van der Waals surface area contributed by atoms with Crippen molar-refractivity contribution in [1.82, 2.24) is 5.32 Å². The van der Waals surface area contributed by atoms with Gasteiger partial charge in [0.1, 0.15) is 5.82 Å². The standard InChI is InChI=1S/C22H23F4NO3/c23-17-7-8-19(15-4-1-5-16(12-15)22(24,25)26)20(13-17)21(28)27-9-3-10-29-14-18-6-2-11-30-18/h1,4-5,7-8,12-13,18H,2-3,6,9-11,14H2,(H,27,28). The summed E-state index contributed by atoms with van der Waals surface area (Å²) in [5.74, 6) is -1.20. The second-order valence-electron chi connectivity index (χ2n) is 7.09. The highest BCUT2D eigenvalue weighted by molar-refractivity contribution is 6.00. The zero-order valence-corrected chi connectivity index (χ0v) is 16.3. The summed E-state index contributed by atoms with van der Waals surface area (Å²) < 4.78 is 63.8. The Hall–Kier alpha value is -2.45. The largest absolute Gasteiger partial charge is 0.416 e. The van der Waals surface area contributed by atoms with Gasteiger partial charge in [-0.15, -0.1) is 0 Å². The normalized spacial score (nSPS) is 16.6. The lowest BCUT2D eigenvalue weighted by atomic mass is 9.97. The van der Waals surface area contributed by atoms with E-state index in [1.165, 1.54) is 18.2 Å². The first kappa shape index (κ1) is 22.2. The molecule has 1 aliphatic heterocycles. The highest BCUT2D eigenvalue weighted by atomic mass is 19.4. The van der Waals surface area contributed by atoms with E-state index in [0.717, 1.165) is 43.7 Å². The van der Waals surface area contributed by atoms with Gasteiger partial charge in [0, 0.05) is 19.8 Å². The summed E-state index contributed by atoms with van der Waals surface area (Å²) >= 11 is 0. The molecule has 1 saturated heterocycles. The lowest BCUT2D eigenvalue weighted by Crippen LogP contribution is -2.26. The van der Waals surface area contributed by atoms with Gasteiger partial charge in [0.2, 0.25) is 0 Å². The fraction of sp³-hybridized carbons (Fsp3) is 0.409. The zero-order valence-electron chi connectivity index (χ0n) is 16.3. The van der Waals surface area contributed by atoms with E-state index in [2.05, 4.69) is 5.32 Å². The molecule has 2 aromatic rings. The molecule has 4 nitrogen and oxygen atoms in total. The van der Waals surface area contributed by atoms with Crippen molar-refractivity contribution in [3.63, 3.8) is 0 Å². The molecule has 1 fully saturated rings. The fourth-order valence-corrected chi connectivity index (χ4v) is 3.28. The lowest BCUT2D eigenvalue weighted by Gasteiger charge is -2.13. The molecule has 162 valence electrons. The van der Waals surface area contributed by atoms with E-state index >= 15 is 0 Å². The van der Waals surface area contributed by atoms with E-state index < -0.39 is 23.5 Å². The highest BCUT2D eigenvalue weighted by Crippen LogP contribution is 2.33. The Kier molecular flexibility index (Phi) is 7.44. The summed E-state index contributed by atoms with van der Waals surface area (Å²) in [5, 5.41) is 2.67. The van der Waals surface area contributed by atoms with Gasteiger partial charge in [-0.2, -0.15) is 13.2 Å². The van der Waals surface area contributed by atoms with E-state index in [-0.39, 0.29) is 22.8 Å². The number of hydrogen-bond donors (Lipinski definition) is 1. The van der Waals surface area contributed by atoms with E-state index in [0.29, 0.717) is 26.2 Å². The topological polar surface area (TPSA) is 47.6 Å². The second kappa shape index (κ2) is 10.0. The Balaban J connectivity index is 1.61. The molecule has 8 heteroatoms. The van der Waals surface area contributed by atoms with Crippen LogP contribution in [0, 0.1) is 5.82 Å². The maximum Gasteiger partial charge on any atom is 0.416 e. The average Bonchev–Trinajstić information content (AvgIpc) is 3.23. The summed E-state index contributed by atoms with van der Waals surface area (Å²) in [6, 6.07) is 8.06. The number of carbonyl (C=O) groups excluding carboxylic acids is 1. The predicted octanol–water partition coefficient (Wildman–Crippen LogP) is 4.83. The van der Waals surface area contributed by atoms with Crippen LogP contribution in [0.2, 0.25) is 0 Å². The molecule has 0 aromatic heterocycles. The van der Waals surface area contributed by atoms with Crippen LogP contribution >= 0.6 is 0 Å². The van der Waals surface area contributed by atoms with Crippen molar-refractivity contribution in [2.45, 2.75) is 31.5 Å². The number of ether oxygens (including phenoxy) is 2. The number of alkyl halides is 3. The van der Waals surface area contributed by atoms with Crippen LogP contribution in [0.3, 0.4) is 0 Å². The first-order valence-electron chi connectivity index (χ1n) is 9.79. The molecule has 0 bridgehead atoms. The molecule has 0 radical (unpaired) electrons. The molecular weight excluding hydrogens is 402 g/mol. The van der Waals surface area contributed by atoms with Crippen LogP contribution in [0.25, 0.3) is 11.1 Å². The average molecular weight is 425 g/mol. The monoisotopic (exact) mass is 425 g/mol. The summed E-state index contributed by atoms with van der Waals surface area (Å²) in [6.07, 6.45) is -1.82. The molecule has 1 heterocycles. The van der Waals surface area contributed by atoms with Gasteiger partial charge < -0.3 is 14.8 Å². The van der Waals surface area contributed by atoms with Crippen LogP contribution in [-0.4, -0.2) is 38.4 Å². The van der Waals surface area contributed by atoms with Crippen molar-refractivity contribution in [2.75, 3.05) is 26.4 Å². The van der Waals surface area contributed by atoms with Gasteiger partial charge in [0.05, 0.1) is 23.8 Å². The summed E-state index contributed by atoms with van der Waals surface area (Å²) in [7, 11) is 0. The van der Waals surface area contributed by atoms with Crippen LogP contribution < -0.4 is 5.32 Å². The van der Waals surface area contributed by atoms with E-state index in [4.69, 9.17) is 9.47 Å². The Morgan fingerprint density at radius 2 is 2.03 bits per heavy atom. The Bertz CT molecular complexity index is 864. The van der Waals surface area contributed by atoms with Crippen molar-refractivity contribution in [3.05, 3.63) is 59.4 Å². The third kappa shape index (κ3) is 6.03. The van der Waals surface area contributed by atoms with Crippen LogP contribution in [0.15, 0.2) is 42.5 Å². The van der Waals surface area contributed by atoms with Crippen LogP contribution in [0.4, 0.5) is 17.6 Å².